The lowest BCUT2D eigenvalue weighted by molar-refractivity contribution is 0.694. The second-order valence-electron chi connectivity index (χ2n) is 5.17. The molecule has 2 heteroatoms. The molecule has 1 aliphatic rings. The Hall–Kier alpha value is -1.18. The average molecular weight is 218 g/mol. The van der Waals surface area contributed by atoms with Crippen molar-refractivity contribution in [2.24, 2.45) is 5.92 Å². The summed E-state index contributed by atoms with van der Waals surface area (Å²) in [5, 5.41) is 3.59. The first-order valence-corrected chi connectivity index (χ1v) is 6.12. The lowest BCUT2D eigenvalue weighted by Crippen LogP contribution is -2.17. The Morgan fingerprint density at radius 1 is 1.31 bits per heavy atom. The van der Waals surface area contributed by atoms with Crippen LogP contribution in [-0.2, 0) is 0 Å². The van der Waals surface area contributed by atoms with E-state index < -0.39 is 0 Å². The fourth-order valence-electron chi connectivity index (χ4n) is 2.22. The van der Waals surface area contributed by atoms with E-state index in [0.717, 1.165) is 5.92 Å². The molecule has 1 fully saturated rings. The van der Waals surface area contributed by atoms with Gasteiger partial charge in [-0.3, -0.25) is 0 Å². The average Bonchev–Trinajstić information content (AvgIpc) is 2.99. The summed E-state index contributed by atoms with van der Waals surface area (Å²) in [4.78, 5) is 2.16. The highest BCUT2D eigenvalue weighted by molar-refractivity contribution is 5.60. The van der Waals surface area contributed by atoms with Crippen molar-refractivity contribution in [2.45, 2.75) is 32.7 Å². The number of anilines is 2. The topological polar surface area (TPSA) is 15.3 Å². The molecule has 1 unspecified atom stereocenters. The largest absolute Gasteiger partial charge is 0.382 e. The Bertz CT molecular complexity index is 367. The van der Waals surface area contributed by atoms with Crippen molar-refractivity contribution < 1.29 is 0 Å². The molecule has 1 saturated carbocycles. The molecule has 0 bridgehead atoms. The maximum Gasteiger partial charge on any atom is 0.0392 e. The van der Waals surface area contributed by atoms with Gasteiger partial charge >= 0.3 is 0 Å². The van der Waals surface area contributed by atoms with Crippen molar-refractivity contribution in [1.82, 2.24) is 0 Å². The van der Waals surface area contributed by atoms with Crippen LogP contribution in [0.3, 0.4) is 0 Å². The van der Waals surface area contributed by atoms with Crippen LogP contribution in [0.25, 0.3) is 0 Å². The van der Waals surface area contributed by atoms with Gasteiger partial charge < -0.3 is 10.2 Å². The maximum atomic E-state index is 3.59. The predicted molar refractivity (Wildman–Crippen MR) is 71.3 cm³/mol. The minimum atomic E-state index is 0.615. The van der Waals surface area contributed by atoms with Gasteiger partial charge in [-0.1, -0.05) is 0 Å². The normalized spacial score (nSPS) is 17.0. The Balaban J connectivity index is 2.07. The lowest BCUT2D eigenvalue weighted by Gasteiger charge is -2.19. The number of rotatable bonds is 4. The molecule has 0 radical (unpaired) electrons. The highest BCUT2D eigenvalue weighted by Gasteiger charge is 2.27. The van der Waals surface area contributed by atoms with Crippen molar-refractivity contribution >= 4 is 11.4 Å². The fourth-order valence-corrected chi connectivity index (χ4v) is 2.22. The second kappa shape index (κ2) is 4.36. The molecule has 2 rings (SSSR count). The molecule has 0 heterocycles. The van der Waals surface area contributed by atoms with Crippen LogP contribution in [-0.4, -0.2) is 20.1 Å². The van der Waals surface area contributed by atoms with Gasteiger partial charge in [0.1, 0.15) is 0 Å². The van der Waals surface area contributed by atoms with E-state index in [2.05, 4.69) is 56.4 Å². The maximum absolute atomic E-state index is 3.59. The van der Waals surface area contributed by atoms with Crippen LogP contribution < -0.4 is 10.2 Å². The molecule has 0 spiro atoms. The first-order chi connectivity index (χ1) is 7.58. The molecule has 1 aromatic carbocycles. The fraction of sp³-hybridized carbons (Fsp3) is 0.571. The molecule has 1 N–H and O–H groups in total. The molecule has 1 aliphatic carbocycles. The first-order valence-electron chi connectivity index (χ1n) is 6.12. The van der Waals surface area contributed by atoms with Crippen molar-refractivity contribution in [1.29, 1.82) is 0 Å². The van der Waals surface area contributed by atoms with Gasteiger partial charge in [-0.05, 0) is 56.4 Å². The monoisotopic (exact) mass is 218 g/mol. The molecule has 88 valence electrons. The van der Waals surface area contributed by atoms with Gasteiger partial charge in [-0.25, -0.2) is 0 Å². The molecule has 1 aromatic rings. The molecule has 0 aliphatic heterocycles. The Morgan fingerprint density at radius 2 is 2.00 bits per heavy atom. The summed E-state index contributed by atoms with van der Waals surface area (Å²) < 4.78 is 0. The van der Waals surface area contributed by atoms with Gasteiger partial charge in [-0.2, -0.15) is 0 Å². The zero-order valence-electron chi connectivity index (χ0n) is 10.7. The highest BCUT2D eigenvalue weighted by Crippen LogP contribution is 2.34. The third-order valence-corrected chi connectivity index (χ3v) is 3.40. The Kier molecular flexibility index (Phi) is 3.08. The molecular formula is C14H22N2. The van der Waals surface area contributed by atoms with E-state index in [0.29, 0.717) is 6.04 Å². The molecule has 0 saturated heterocycles. The third kappa shape index (κ3) is 2.49. The standard InChI is InChI=1S/C14H22N2/c1-10-9-13(7-8-14(10)16(3)4)15-11(2)12-5-6-12/h7-9,11-12,15H,5-6H2,1-4H3. The van der Waals surface area contributed by atoms with Crippen LogP contribution in [0.15, 0.2) is 18.2 Å². The quantitative estimate of drug-likeness (QED) is 0.834. The van der Waals surface area contributed by atoms with E-state index in [4.69, 9.17) is 0 Å². The van der Waals surface area contributed by atoms with Crippen molar-refractivity contribution in [3.05, 3.63) is 23.8 Å². The van der Waals surface area contributed by atoms with Crippen LogP contribution >= 0.6 is 0 Å². The highest BCUT2D eigenvalue weighted by atomic mass is 15.1. The van der Waals surface area contributed by atoms with Crippen LogP contribution in [0, 0.1) is 12.8 Å². The SMILES string of the molecule is Cc1cc(NC(C)C2CC2)ccc1N(C)C. The summed E-state index contributed by atoms with van der Waals surface area (Å²) in [6.07, 6.45) is 2.78. The summed E-state index contributed by atoms with van der Waals surface area (Å²) in [6.45, 7) is 4.45. The molecule has 0 aromatic heterocycles. The van der Waals surface area contributed by atoms with Gasteiger partial charge in [0.15, 0.2) is 0 Å². The van der Waals surface area contributed by atoms with E-state index in [1.54, 1.807) is 0 Å². The molecule has 0 amide bonds. The van der Waals surface area contributed by atoms with Crippen LogP contribution in [0.1, 0.15) is 25.3 Å². The number of aryl methyl sites for hydroxylation is 1. The Morgan fingerprint density at radius 3 is 2.50 bits per heavy atom. The minimum absolute atomic E-state index is 0.615. The number of nitrogens with zero attached hydrogens (tertiary/aromatic N) is 1. The predicted octanol–water partition coefficient (Wildman–Crippen LogP) is 3.27. The van der Waals surface area contributed by atoms with Crippen LogP contribution in [0.5, 0.6) is 0 Å². The summed E-state index contributed by atoms with van der Waals surface area (Å²) in [5.41, 5.74) is 3.88. The number of hydrogen-bond acceptors (Lipinski definition) is 2. The van der Waals surface area contributed by atoms with Crippen molar-refractivity contribution in [3.8, 4) is 0 Å². The van der Waals surface area contributed by atoms with Crippen molar-refractivity contribution in [2.75, 3.05) is 24.3 Å². The Labute approximate surface area is 98.7 Å². The van der Waals surface area contributed by atoms with E-state index in [-0.39, 0.29) is 0 Å². The molecular weight excluding hydrogens is 196 g/mol. The molecule has 2 nitrogen and oxygen atoms in total. The summed E-state index contributed by atoms with van der Waals surface area (Å²) in [6, 6.07) is 7.23. The molecule has 1 atom stereocenters. The summed E-state index contributed by atoms with van der Waals surface area (Å²) in [5.74, 6) is 0.897. The van der Waals surface area contributed by atoms with E-state index in [1.165, 1.54) is 29.8 Å². The van der Waals surface area contributed by atoms with E-state index >= 15 is 0 Å². The lowest BCUT2D eigenvalue weighted by atomic mass is 10.1. The van der Waals surface area contributed by atoms with Gasteiger partial charge in [-0.15, -0.1) is 0 Å². The first kappa shape index (κ1) is 11.3. The van der Waals surface area contributed by atoms with Crippen LogP contribution in [0.2, 0.25) is 0 Å². The van der Waals surface area contributed by atoms with E-state index in [9.17, 15) is 0 Å². The van der Waals surface area contributed by atoms with Crippen LogP contribution in [0.4, 0.5) is 11.4 Å². The summed E-state index contributed by atoms with van der Waals surface area (Å²) >= 11 is 0. The minimum Gasteiger partial charge on any atom is -0.382 e. The number of benzene rings is 1. The number of hydrogen-bond donors (Lipinski definition) is 1. The smallest absolute Gasteiger partial charge is 0.0392 e. The summed E-state index contributed by atoms with van der Waals surface area (Å²) in [7, 11) is 4.17. The molecule has 16 heavy (non-hydrogen) atoms. The number of nitrogens with one attached hydrogen (secondary N) is 1. The van der Waals surface area contributed by atoms with Gasteiger partial charge in [0.2, 0.25) is 0 Å². The zero-order chi connectivity index (χ0) is 11.7. The van der Waals surface area contributed by atoms with Crippen molar-refractivity contribution in [3.63, 3.8) is 0 Å². The van der Waals surface area contributed by atoms with Gasteiger partial charge in [0, 0.05) is 31.5 Å². The second-order valence-corrected chi connectivity index (χ2v) is 5.17. The van der Waals surface area contributed by atoms with Gasteiger partial charge in [0.25, 0.3) is 0 Å². The van der Waals surface area contributed by atoms with E-state index in [1.807, 2.05) is 0 Å². The van der Waals surface area contributed by atoms with Gasteiger partial charge in [0.05, 0.1) is 0 Å². The third-order valence-electron chi connectivity index (χ3n) is 3.40. The zero-order valence-corrected chi connectivity index (χ0v) is 10.7.